The van der Waals surface area contributed by atoms with Crippen LogP contribution in [0.5, 0.6) is 0 Å². The van der Waals surface area contributed by atoms with Crippen LogP contribution in [0, 0.1) is 0 Å². The first-order chi connectivity index (χ1) is 7.11. The Morgan fingerprint density at radius 2 is 1.80 bits per heavy atom. The van der Waals surface area contributed by atoms with Crippen molar-refractivity contribution in [2.24, 2.45) is 0 Å². The minimum absolute atomic E-state index is 0.419. The molecule has 0 amide bonds. The van der Waals surface area contributed by atoms with Crippen LogP contribution in [-0.2, 0) is 4.79 Å². The zero-order valence-corrected chi connectivity index (χ0v) is 11.6. The molecule has 1 aliphatic carbocycles. The van der Waals surface area contributed by atoms with Gasteiger partial charge in [0.15, 0.2) is 5.78 Å². The molecule has 0 fully saturated rings. The molecule has 1 rings (SSSR count). The van der Waals surface area contributed by atoms with Gasteiger partial charge >= 0.3 is 0 Å². The van der Waals surface area contributed by atoms with E-state index in [1.165, 1.54) is 18.1 Å². The lowest BCUT2D eigenvalue weighted by molar-refractivity contribution is -0.116. The summed E-state index contributed by atoms with van der Waals surface area (Å²) in [6.07, 6.45) is 4.37. The summed E-state index contributed by atoms with van der Waals surface area (Å²) in [6.45, 7) is 8.87. The summed E-state index contributed by atoms with van der Waals surface area (Å²) < 4.78 is 0. The van der Waals surface area contributed by atoms with Crippen LogP contribution in [0.1, 0.15) is 40.5 Å². The maximum absolute atomic E-state index is 12.2. The van der Waals surface area contributed by atoms with Gasteiger partial charge in [-0.05, 0) is 25.3 Å². The summed E-state index contributed by atoms with van der Waals surface area (Å²) in [5.74, 6) is 0.471. The molecular weight excluding hydrogens is 200 g/mol. The van der Waals surface area contributed by atoms with Crippen LogP contribution in [0.15, 0.2) is 11.6 Å². The number of hydrogen-bond donors (Lipinski definition) is 0. The third-order valence-corrected chi connectivity index (χ3v) is 10.7. The molecule has 0 spiro atoms. The van der Waals surface area contributed by atoms with Crippen LogP contribution in [-0.4, -0.2) is 13.9 Å². The SMILES string of the molecule is CC[Si](CC)(CC)[C@@H]1CCC=C(C)C1=O. The summed E-state index contributed by atoms with van der Waals surface area (Å²) in [5, 5.41) is 0. The van der Waals surface area contributed by atoms with Gasteiger partial charge in [0, 0.05) is 5.54 Å². The van der Waals surface area contributed by atoms with Gasteiger partial charge in [-0.3, -0.25) is 4.79 Å². The van der Waals surface area contributed by atoms with Gasteiger partial charge in [0.2, 0.25) is 0 Å². The zero-order valence-electron chi connectivity index (χ0n) is 10.6. The van der Waals surface area contributed by atoms with Crippen molar-refractivity contribution < 1.29 is 4.79 Å². The Bertz CT molecular complexity index is 255. The molecule has 1 atom stereocenters. The van der Waals surface area contributed by atoms with Gasteiger partial charge < -0.3 is 0 Å². The van der Waals surface area contributed by atoms with E-state index in [4.69, 9.17) is 0 Å². The molecule has 0 bridgehead atoms. The largest absolute Gasteiger partial charge is 0.295 e. The highest BCUT2D eigenvalue weighted by Gasteiger charge is 2.41. The van der Waals surface area contributed by atoms with Gasteiger partial charge in [0.1, 0.15) is 0 Å². The molecule has 1 aliphatic rings. The standard InChI is InChI=1S/C13H24OSi/c1-5-15(6-2,7-3)12-10-8-9-11(4)13(12)14/h9,12H,5-8,10H2,1-4H3/t12-/m1/s1. The lowest BCUT2D eigenvalue weighted by Gasteiger charge is -2.37. The molecule has 0 N–H and O–H groups in total. The molecule has 2 heteroatoms. The molecule has 0 aromatic heterocycles. The zero-order chi connectivity index (χ0) is 11.5. The summed E-state index contributed by atoms with van der Waals surface area (Å²) in [6, 6.07) is 3.80. The second-order valence-electron chi connectivity index (χ2n) is 4.80. The van der Waals surface area contributed by atoms with E-state index in [1.807, 2.05) is 6.92 Å². The van der Waals surface area contributed by atoms with Crippen molar-refractivity contribution in [2.75, 3.05) is 0 Å². The minimum atomic E-state index is -1.31. The number of rotatable bonds is 4. The van der Waals surface area contributed by atoms with Gasteiger partial charge in [0.05, 0.1) is 8.07 Å². The fourth-order valence-corrected chi connectivity index (χ4v) is 7.59. The summed E-state index contributed by atoms with van der Waals surface area (Å²) in [7, 11) is -1.31. The Balaban J connectivity index is 2.95. The van der Waals surface area contributed by atoms with E-state index in [0.29, 0.717) is 11.3 Å². The highest BCUT2D eigenvalue weighted by molar-refractivity contribution is 6.84. The van der Waals surface area contributed by atoms with Gasteiger partial charge in [-0.25, -0.2) is 0 Å². The molecule has 0 unspecified atom stereocenters. The van der Waals surface area contributed by atoms with E-state index in [2.05, 4.69) is 26.8 Å². The van der Waals surface area contributed by atoms with E-state index < -0.39 is 8.07 Å². The van der Waals surface area contributed by atoms with Crippen LogP contribution in [0.3, 0.4) is 0 Å². The van der Waals surface area contributed by atoms with Crippen molar-refractivity contribution in [3.8, 4) is 0 Å². The van der Waals surface area contributed by atoms with Crippen LogP contribution in [0.4, 0.5) is 0 Å². The number of hydrogen-bond acceptors (Lipinski definition) is 1. The van der Waals surface area contributed by atoms with E-state index in [0.717, 1.165) is 18.4 Å². The molecule has 0 saturated heterocycles. The number of ketones is 1. The van der Waals surface area contributed by atoms with E-state index in [9.17, 15) is 4.79 Å². The molecule has 86 valence electrons. The Morgan fingerprint density at radius 1 is 1.27 bits per heavy atom. The van der Waals surface area contributed by atoms with Crippen molar-refractivity contribution in [3.05, 3.63) is 11.6 Å². The Hall–Kier alpha value is -0.373. The lowest BCUT2D eigenvalue weighted by Crippen LogP contribution is -2.42. The average Bonchev–Trinajstić information content (AvgIpc) is 2.27. The number of allylic oxidation sites excluding steroid dienone is 2. The van der Waals surface area contributed by atoms with Gasteiger partial charge in [-0.2, -0.15) is 0 Å². The monoisotopic (exact) mass is 224 g/mol. The Kier molecular flexibility index (Phi) is 4.32. The maximum Gasteiger partial charge on any atom is 0.158 e. The molecule has 0 saturated carbocycles. The smallest absolute Gasteiger partial charge is 0.158 e. The number of carbonyl (C=O) groups excluding carboxylic acids is 1. The minimum Gasteiger partial charge on any atom is -0.295 e. The molecule has 15 heavy (non-hydrogen) atoms. The molecule has 0 aromatic carbocycles. The lowest BCUT2D eigenvalue weighted by atomic mass is 9.99. The summed E-state index contributed by atoms with van der Waals surface area (Å²) in [5.41, 5.74) is 1.45. The van der Waals surface area contributed by atoms with E-state index in [-0.39, 0.29) is 0 Å². The third-order valence-electron chi connectivity index (χ3n) is 4.46. The Labute approximate surface area is 95.0 Å². The van der Waals surface area contributed by atoms with E-state index in [1.54, 1.807) is 0 Å². The molecule has 0 aromatic rings. The van der Waals surface area contributed by atoms with Gasteiger partial charge in [-0.15, -0.1) is 0 Å². The van der Waals surface area contributed by atoms with Gasteiger partial charge in [0.25, 0.3) is 0 Å². The molecular formula is C13H24OSi. The topological polar surface area (TPSA) is 17.1 Å². The van der Waals surface area contributed by atoms with Crippen LogP contribution < -0.4 is 0 Å². The fraction of sp³-hybridized carbons (Fsp3) is 0.769. The Morgan fingerprint density at radius 3 is 2.27 bits per heavy atom. The third kappa shape index (κ3) is 2.25. The first kappa shape index (κ1) is 12.7. The van der Waals surface area contributed by atoms with Crippen molar-refractivity contribution >= 4 is 13.9 Å². The summed E-state index contributed by atoms with van der Waals surface area (Å²) >= 11 is 0. The molecule has 0 aliphatic heterocycles. The van der Waals surface area contributed by atoms with E-state index >= 15 is 0 Å². The first-order valence-corrected chi connectivity index (χ1v) is 9.02. The predicted molar refractivity (Wildman–Crippen MR) is 68.9 cm³/mol. The maximum atomic E-state index is 12.2. The molecule has 1 nitrogen and oxygen atoms in total. The molecule has 0 radical (unpaired) electrons. The second kappa shape index (κ2) is 5.11. The van der Waals surface area contributed by atoms with Crippen LogP contribution >= 0.6 is 0 Å². The van der Waals surface area contributed by atoms with Crippen molar-refractivity contribution in [2.45, 2.75) is 64.2 Å². The van der Waals surface area contributed by atoms with Crippen molar-refractivity contribution in [1.82, 2.24) is 0 Å². The van der Waals surface area contributed by atoms with Crippen LogP contribution in [0.25, 0.3) is 0 Å². The van der Waals surface area contributed by atoms with Crippen molar-refractivity contribution in [1.29, 1.82) is 0 Å². The first-order valence-electron chi connectivity index (χ1n) is 6.32. The highest BCUT2D eigenvalue weighted by Crippen LogP contribution is 2.40. The fourth-order valence-electron chi connectivity index (χ4n) is 3.05. The van der Waals surface area contributed by atoms with Crippen molar-refractivity contribution in [3.63, 3.8) is 0 Å². The number of Topliss-reactive ketones (excluding diaryl/α,β-unsaturated/α-hetero) is 1. The number of carbonyl (C=O) groups is 1. The predicted octanol–water partition coefficient (Wildman–Crippen LogP) is 4.17. The second-order valence-corrected chi connectivity index (χ2v) is 10.3. The average molecular weight is 224 g/mol. The normalized spacial score (nSPS) is 22.8. The quantitative estimate of drug-likeness (QED) is 0.655. The molecule has 0 heterocycles. The summed E-state index contributed by atoms with van der Waals surface area (Å²) in [4.78, 5) is 12.2. The van der Waals surface area contributed by atoms with Crippen LogP contribution in [0.2, 0.25) is 23.7 Å². The van der Waals surface area contributed by atoms with Gasteiger partial charge in [-0.1, -0.05) is 45.0 Å². The highest BCUT2D eigenvalue weighted by atomic mass is 28.3.